The van der Waals surface area contributed by atoms with Gasteiger partial charge in [0.2, 0.25) is 0 Å². The molecule has 0 saturated carbocycles. The van der Waals surface area contributed by atoms with Crippen LogP contribution >= 0.6 is 22.9 Å². The normalized spacial score (nSPS) is 12.6. The monoisotopic (exact) mass is 303 g/mol. The van der Waals surface area contributed by atoms with Gasteiger partial charge >= 0.3 is 0 Å². The Morgan fingerprint density at radius 3 is 2.47 bits per heavy atom. The summed E-state index contributed by atoms with van der Waals surface area (Å²) < 4.78 is 27.5. The number of hydrogen-bond donors (Lipinski definition) is 2. The predicted molar refractivity (Wildman–Crippen MR) is 72.4 cm³/mol. The number of rotatable bonds is 5. The van der Waals surface area contributed by atoms with Crippen LogP contribution in [0.1, 0.15) is 16.5 Å². The molecule has 0 radical (unpaired) electrons. The zero-order valence-electron chi connectivity index (χ0n) is 9.87. The molecule has 0 aliphatic rings. The van der Waals surface area contributed by atoms with Gasteiger partial charge in [0.15, 0.2) is 0 Å². The van der Waals surface area contributed by atoms with Crippen molar-refractivity contribution in [2.75, 3.05) is 6.54 Å². The topological polar surface area (TPSA) is 32.3 Å². The maximum absolute atomic E-state index is 13.4. The van der Waals surface area contributed by atoms with Gasteiger partial charge in [0.25, 0.3) is 0 Å². The Morgan fingerprint density at radius 1 is 1.21 bits per heavy atom. The highest BCUT2D eigenvalue weighted by molar-refractivity contribution is 7.16. The molecule has 0 amide bonds. The molecule has 0 bridgehead atoms. The van der Waals surface area contributed by atoms with Gasteiger partial charge in [-0.25, -0.2) is 8.78 Å². The molecule has 19 heavy (non-hydrogen) atoms. The molecular formula is C13H12ClF2NOS. The molecule has 2 rings (SSSR count). The Morgan fingerprint density at radius 2 is 1.89 bits per heavy atom. The molecule has 0 spiro atoms. The van der Waals surface area contributed by atoms with Crippen molar-refractivity contribution < 1.29 is 13.9 Å². The van der Waals surface area contributed by atoms with E-state index in [0.29, 0.717) is 10.9 Å². The van der Waals surface area contributed by atoms with E-state index < -0.39 is 17.7 Å². The summed E-state index contributed by atoms with van der Waals surface area (Å²) in [6.07, 6.45) is -1.23. The van der Waals surface area contributed by atoms with E-state index >= 15 is 0 Å². The molecule has 0 fully saturated rings. The fraction of sp³-hybridized carbons (Fsp3) is 0.231. The van der Waals surface area contributed by atoms with E-state index in [0.717, 1.165) is 17.0 Å². The summed E-state index contributed by atoms with van der Waals surface area (Å²) in [6.45, 7) is 0.553. The van der Waals surface area contributed by atoms with Crippen molar-refractivity contribution >= 4 is 22.9 Å². The largest absolute Gasteiger partial charge is 0.387 e. The third kappa shape index (κ3) is 3.73. The zero-order valence-corrected chi connectivity index (χ0v) is 11.4. The SMILES string of the molecule is OC(CNCc1ccc(Cl)s1)c1c(F)cccc1F. The summed E-state index contributed by atoms with van der Waals surface area (Å²) >= 11 is 7.20. The van der Waals surface area contributed by atoms with Gasteiger partial charge in [-0.1, -0.05) is 17.7 Å². The van der Waals surface area contributed by atoms with E-state index in [2.05, 4.69) is 5.32 Å². The van der Waals surface area contributed by atoms with Crippen LogP contribution < -0.4 is 5.32 Å². The first-order chi connectivity index (χ1) is 9.08. The lowest BCUT2D eigenvalue weighted by Gasteiger charge is -2.13. The van der Waals surface area contributed by atoms with Crippen LogP contribution in [-0.4, -0.2) is 11.7 Å². The molecule has 1 atom stereocenters. The van der Waals surface area contributed by atoms with E-state index in [1.807, 2.05) is 6.07 Å². The Balaban J connectivity index is 1.92. The lowest BCUT2D eigenvalue weighted by molar-refractivity contribution is 0.165. The highest BCUT2D eigenvalue weighted by atomic mass is 35.5. The molecule has 0 aliphatic carbocycles. The first-order valence-electron chi connectivity index (χ1n) is 5.65. The Bertz CT molecular complexity index is 541. The summed E-state index contributed by atoms with van der Waals surface area (Å²) in [4.78, 5) is 0.992. The molecule has 0 aliphatic heterocycles. The lowest BCUT2D eigenvalue weighted by atomic mass is 10.1. The average molecular weight is 304 g/mol. The molecule has 2 N–H and O–H groups in total. The highest BCUT2D eigenvalue weighted by Crippen LogP contribution is 2.22. The van der Waals surface area contributed by atoms with E-state index in [1.165, 1.54) is 17.4 Å². The minimum Gasteiger partial charge on any atom is -0.387 e. The zero-order chi connectivity index (χ0) is 13.8. The molecule has 0 saturated heterocycles. The predicted octanol–water partition coefficient (Wildman–Crippen LogP) is 3.50. The highest BCUT2D eigenvalue weighted by Gasteiger charge is 2.17. The van der Waals surface area contributed by atoms with Gasteiger partial charge in [-0.05, 0) is 24.3 Å². The average Bonchev–Trinajstić information content (AvgIpc) is 2.75. The van der Waals surface area contributed by atoms with Gasteiger partial charge < -0.3 is 10.4 Å². The summed E-state index contributed by atoms with van der Waals surface area (Å²) in [5.41, 5.74) is -0.306. The maximum Gasteiger partial charge on any atom is 0.131 e. The second-order valence-corrected chi connectivity index (χ2v) is 5.79. The number of thiophene rings is 1. The van der Waals surface area contributed by atoms with Crippen molar-refractivity contribution in [2.45, 2.75) is 12.6 Å². The van der Waals surface area contributed by atoms with Gasteiger partial charge in [0.05, 0.1) is 16.0 Å². The lowest BCUT2D eigenvalue weighted by Crippen LogP contribution is -2.22. The summed E-state index contributed by atoms with van der Waals surface area (Å²) in [5, 5.41) is 12.7. The van der Waals surface area contributed by atoms with Crippen molar-refractivity contribution in [1.29, 1.82) is 0 Å². The molecule has 2 nitrogen and oxygen atoms in total. The quantitative estimate of drug-likeness (QED) is 0.886. The van der Waals surface area contributed by atoms with Crippen LogP contribution in [0.25, 0.3) is 0 Å². The first kappa shape index (κ1) is 14.4. The standard InChI is InChI=1S/C13H12ClF2NOS/c14-12-5-4-8(19-12)6-17-7-11(18)13-9(15)2-1-3-10(13)16/h1-5,11,17-18H,6-7H2. The molecular weight excluding hydrogens is 292 g/mol. The molecule has 1 aromatic carbocycles. The van der Waals surface area contributed by atoms with Crippen LogP contribution in [0.2, 0.25) is 4.34 Å². The van der Waals surface area contributed by atoms with Crippen molar-refractivity contribution in [2.24, 2.45) is 0 Å². The van der Waals surface area contributed by atoms with E-state index in [9.17, 15) is 13.9 Å². The van der Waals surface area contributed by atoms with Crippen molar-refractivity contribution in [3.8, 4) is 0 Å². The van der Waals surface area contributed by atoms with Crippen molar-refractivity contribution in [1.82, 2.24) is 5.32 Å². The minimum atomic E-state index is -1.23. The molecule has 1 heterocycles. The summed E-state index contributed by atoms with van der Waals surface area (Å²) in [7, 11) is 0. The van der Waals surface area contributed by atoms with Crippen LogP contribution in [0, 0.1) is 11.6 Å². The van der Waals surface area contributed by atoms with Crippen LogP contribution in [-0.2, 0) is 6.54 Å². The van der Waals surface area contributed by atoms with E-state index in [-0.39, 0.29) is 12.1 Å². The Labute approximate surface area is 118 Å². The Kier molecular flexibility index (Phi) is 4.87. The molecule has 6 heteroatoms. The third-order valence-corrected chi connectivity index (χ3v) is 3.83. The van der Waals surface area contributed by atoms with Crippen molar-refractivity contribution in [3.63, 3.8) is 0 Å². The van der Waals surface area contributed by atoms with Gasteiger partial charge in [-0.3, -0.25) is 0 Å². The molecule has 1 aromatic heterocycles. The number of hydrogen-bond acceptors (Lipinski definition) is 3. The molecule has 2 aromatic rings. The van der Waals surface area contributed by atoms with E-state index in [4.69, 9.17) is 11.6 Å². The smallest absolute Gasteiger partial charge is 0.131 e. The van der Waals surface area contributed by atoms with Crippen LogP contribution in [0.15, 0.2) is 30.3 Å². The van der Waals surface area contributed by atoms with Gasteiger partial charge in [0, 0.05) is 18.0 Å². The van der Waals surface area contributed by atoms with Crippen LogP contribution in [0.4, 0.5) is 8.78 Å². The van der Waals surface area contributed by atoms with Gasteiger partial charge in [-0.15, -0.1) is 11.3 Å². The number of benzene rings is 1. The third-order valence-electron chi connectivity index (χ3n) is 2.60. The Hall–Kier alpha value is -1.01. The fourth-order valence-electron chi connectivity index (χ4n) is 1.71. The number of halogens is 3. The summed E-state index contributed by atoms with van der Waals surface area (Å²) in [5.74, 6) is -1.48. The fourth-order valence-corrected chi connectivity index (χ4v) is 2.77. The summed E-state index contributed by atoms with van der Waals surface area (Å²) in [6, 6.07) is 7.15. The number of aliphatic hydroxyl groups is 1. The van der Waals surface area contributed by atoms with Crippen LogP contribution in [0.5, 0.6) is 0 Å². The van der Waals surface area contributed by atoms with E-state index in [1.54, 1.807) is 6.07 Å². The van der Waals surface area contributed by atoms with Crippen molar-refractivity contribution in [3.05, 3.63) is 56.7 Å². The minimum absolute atomic E-state index is 0.0629. The number of aliphatic hydroxyl groups excluding tert-OH is 1. The first-order valence-corrected chi connectivity index (χ1v) is 6.84. The number of nitrogens with one attached hydrogen (secondary N) is 1. The van der Waals surface area contributed by atoms with Crippen LogP contribution in [0.3, 0.4) is 0 Å². The second-order valence-electron chi connectivity index (χ2n) is 3.99. The maximum atomic E-state index is 13.4. The molecule has 1 unspecified atom stereocenters. The van der Waals surface area contributed by atoms with Gasteiger partial charge in [-0.2, -0.15) is 0 Å². The second kappa shape index (κ2) is 6.43. The molecule has 102 valence electrons. The van der Waals surface area contributed by atoms with Gasteiger partial charge in [0.1, 0.15) is 11.6 Å².